The van der Waals surface area contributed by atoms with Crippen molar-refractivity contribution < 1.29 is 9.53 Å². The molecule has 0 atom stereocenters. The average molecular weight is 252 g/mol. The number of amides is 1. The summed E-state index contributed by atoms with van der Waals surface area (Å²) in [7, 11) is 0. The van der Waals surface area contributed by atoms with Crippen LogP contribution in [0.2, 0.25) is 0 Å². The van der Waals surface area contributed by atoms with Crippen LogP contribution in [-0.2, 0) is 11.4 Å². The highest BCUT2D eigenvalue weighted by Crippen LogP contribution is 2.12. The molecule has 0 saturated carbocycles. The van der Waals surface area contributed by atoms with Crippen molar-refractivity contribution in [1.29, 1.82) is 0 Å². The van der Waals surface area contributed by atoms with Crippen LogP contribution in [0.5, 0.6) is 5.75 Å². The first-order chi connectivity index (χ1) is 9.24. The van der Waals surface area contributed by atoms with Crippen LogP contribution in [0.4, 0.5) is 0 Å². The monoisotopic (exact) mass is 252 g/mol. The van der Waals surface area contributed by atoms with Gasteiger partial charge in [0.1, 0.15) is 12.4 Å². The van der Waals surface area contributed by atoms with Crippen molar-refractivity contribution in [2.45, 2.75) is 6.61 Å². The van der Waals surface area contributed by atoms with Crippen molar-refractivity contribution in [2.75, 3.05) is 0 Å². The molecule has 1 amide bonds. The number of hydrogen-bond acceptors (Lipinski definition) is 3. The van der Waals surface area contributed by atoms with Gasteiger partial charge in [-0.1, -0.05) is 36.3 Å². The van der Waals surface area contributed by atoms with Crippen LogP contribution in [-0.4, -0.2) is 10.9 Å². The molecule has 0 bridgehead atoms. The molecule has 19 heavy (non-hydrogen) atoms. The standard InChI is InChI=1S/C15H12N2O2/c16-15(18)7-6-13-8-14(10-17-9-13)19-11-12-4-2-1-3-5-12/h1-5,8-10H,11H2,(H2,16,18). The number of rotatable bonds is 3. The summed E-state index contributed by atoms with van der Waals surface area (Å²) >= 11 is 0. The van der Waals surface area contributed by atoms with E-state index in [0.29, 0.717) is 17.9 Å². The number of carbonyl (C=O) groups excluding carboxylic acids is 1. The Labute approximate surface area is 111 Å². The molecule has 0 spiro atoms. The van der Waals surface area contributed by atoms with Gasteiger partial charge < -0.3 is 10.5 Å². The van der Waals surface area contributed by atoms with E-state index in [1.54, 1.807) is 18.5 Å². The number of benzene rings is 1. The molecule has 0 unspecified atom stereocenters. The molecule has 2 aromatic rings. The molecule has 0 fully saturated rings. The third-order valence-electron chi connectivity index (χ3n) is 2.29. The first-order valence-electron chi connectivity index (χ1n) is 5.67. The van der Waals surface area contributed by atoms with Crippen LogP contribution in [0.3, 0.4) is 0 Å². The van der Waals surface area contributed by atoms with Crippen LogP contribution < -0.4 is 10.5 Å². The molecule has 4 heteroatoms. The summed E-state index contributed by atoms with van der Waals surface area (Å²) in [6.45, 7) is 0.454. The second-order valence-electron chi connectivity index (χ2n) is 3.80. The molecular formula is C15H12N2O2. The number of carbonyl (C=O) groups is 1. The second kappa shape index (κ2) is 6.22. The van der Waals surface area contributed by atoms with Crippen LogP contribution in [0, 0.1) is 11.8 Å². The highest BCUT2D eigenvalue weighted by Gasteiger charge is 1.97. The molecule has 1 aromatic carbocycles. The quantitative estimate of drug-likeness (QED) is 0.842. The maximum atomic E-state index is 10.6. The second-order valence-corrected chi connectivity index (χ2v) is 3.80. The van der Waals surface area contributed by atoms with Crippen molar-refractivity contribution in [3.63, 3.8) is 0 Å². The van der Waals surface area contributed by atoms with E-state index in [2.05, 4.69) is 16.8 Å². The van der Waals surface area contributed by atoms with Gasteiger partial charge in [-0.05, 0) is 11.6 Å². The van der Waals surface area contributed by atoms with Gasteiger partial charge in [0.2, 0.25) is 0 Å². The first-order valence-corrected chi connectivity index (χ1v) is 5.67. The third kappa shape index (κ3) is 4.17. The lowest BCUT2D eigenvalue weighted by Gasteiger charge is -2.05. The largest absolute Gasteiger partial charge is 0.487 e. The Bertz CT molecular complexity index is 627. The molecule has 2 N–H and O–H groups in total. The van der Waals surface area contributed by atoms with E-state index >= 15 is 0 Å². The Hall–Kier alpha value is -2.80. The SMILES string of the molecule is NC(=O)C#Cc1cncc(OCc2ccccc2)c1. The molecule has 0 saturated heterocycles. The van der Waals surface area contributed by atoms with E-state index in [9.17, 15) is 4.79 Å². The van der Waals surface area contributed by atoms with Gasteiger partial charge >= 0.3 is 0 Å². The fourth-order valence-electron chi connectivity index (χ4n) is 1.44. The summed E-state index contributed by atoms with van der Waals surface area (Å²) in [4.78, 5) is 14.6. The Balaban J connectivity index is 2.04. The minimum absolute atomic E-state index is 0.454. The Morgan fingerprint density at radius 2 is 2.05 bits per heavy atom. The van der Waals surface area contributed by atoms with Gasteiger partial charge in [-0.2, -0.15) is 0 Å². The predicted molar refractivity (Wildman–Crippen MR) is 71.1 cm³/mol. The first kappa shape index (κ1) is 12.7. The zero-order valence-electron chi connectivity index (χ0n) is 10.2. The third-order valence-corrected chi connectivity index (χ3v) is 2.29. The van der Waals surface area contributed by atoms with Crippen molar-refractivity contribution in [3.8, 4) is 17.6 Å². The van der Waals surface area contributed by atoms with E-state index in [-0.39, 0.29) is 0 Å². The van der Waals surface area contributed by atoms with E-state index in [1.165, 1.54) is 0 Å². The fourth-order valence-corrected chi connectivity index (χ4v) is 1.44. The molecule has 0 aliphatic rings. The van der Waals surface area contributed by atoms with Gasteiger partial charge in [0, 0.05) is 17.7 Å². The highest BCUT2D eigenvalue weighted by molar-refractivity contribution is 5.92. The topological polar surface area (TPSA) is 65.2 Å². The summed E-state index contributed by atoms with van der Waals surface area (Å²) in [5, 5.41) is 0. The number of aromatic nitrogens is 1. The van der Waals surface area contributed by atoms with E-state index in [1.807, 2.05) is 30.3 Å². The van der Waals surface area contributed by atoms with Crippen molar-refractivity contribution in [3.05, 3.63) is 59.9 Å². The van der Waals surface area contributed by atoms with Crippen LogP contribution >= 0.6 is 0 Å². The molecular weight excluding hydrogens is 240 g/mol. The number of nitrogens with zero attached hydrogens (tertiary/aromatic N) is 1. The maximum absolute atomic E-state index is 10.6. The maximum Gasteiger partial charge on any atom is 0.293 e. The number of nitrogens with two attached hydrogens (primary N) is 1. The Morgan fingerprint density at radius 1 is 1.26 bits per heavy atom. The van der Waals surface area contributed by atoms with E-state index in [4.69, 9.17) is 10.5 Å². The smallest absolute Gasteiger partial charge is 0.293 e. The minimum atomic E-state index is -0.671. The van der Waals surface area contributed by atoms with Crippen LogP contribution in [0.1, 0.15) is 11.1 Å². The number of hydrogen-bond donors (Lipinski definition) is 1. The normalized spacial score (nSPS) is 9.26. The molecule has 94 valence electrons. The molecule has 2 rings (SSSR count). The highest BCUT2D eigenvalue weighted by atomic mass is 16.5. The van der Waals surface area contributed by atoms with Crippen molar-refractivity contribution in [1.82, 2.24) is 4.98 Å². The van der Waals surface area contributed by atoms with Gasteiger partial charge in [0.25, 0.3) is 5.91 Å². The van der Waals surface area contributed by atoms with E-state index < -0.39 is 5.91 Å². The summed E-state index contributed by atoms with van der Waals surface area (Å²) in [5.74, 6) is 4.80. The predicted octanol–water partition coefficient (Wildman–Crippen LogP) is 1.50. The zero-order chi connectivity index (χ0) is 13.5. The number of ether oxygens (including phenoxy) is 1. The molecule has 1 aromatic heterocycles. The van der Waals surface area contributed by atoms with E-state index in [0.717, 1.165) is 5.56 Å². The molecule has 0 aliphatic heterocycles. The van der Waals surface area contributed by atoms with Crippen molar-refractivity contribution in [2.24, 2.45) is 5.73 Å². The molecule has 0 aliphatic carbocycles. The average Bonchev–Trinajstić information content (AvgIpc) is 2.44. The van der Waals surface area contributed by atoms with Gasteiger partial charge in [-0.25, -0.2) is 0 Å². The van der Waals surface area contributed by atoms with Gasteiger partial charge in [0.05, 0.1) is 6.20 Å². The summed E-state index contributed by atoms with van der Waals surface area (Å²) < 4.78 is 5.59. The number of pyridine rings is 1. The Morgan fingerprint density at radius 3 is 2.79 bits per heavy atom. The lowest BCUT2D eigenvalue weighted by molar-refractivity contribution is -0.112. The number of primary amides is 1. The van der Waals surface area contributed by atoms with Crippen molar-refractivity contribution >= 4 is 5.91 Å². The summed E-state index contributed by atoms with van der Waals surface area (Å²) in [5.41, 5.74) is 6.60. The van der Waals surface area contributed by atoms with Gasteiger partial charge in [-0.15, -0.1) is 0 Å². The fraction of sp³-hybridized carbons (Fsp3) is 0.0667. The summed E-state index contributed by atoms with van der Waals surface area (Å²) in [6.07, 6.45) is 3.14. The molecule has 0 radical (unpaired) electrons. The van der Waals surface area contributed by atoms with Crippen LogP contribution in [0.25, 0.3) is 0 Å². The lowest BCUT2D eigenvalue weighted by atomic mass is 10.2. The molecule has 1 heterocycles. The van der Waals surface area contributed by atoms with Gasteiger partial charge in [0.15, 0.2) is 0 Å². The zero-order valence-corrected chi connectivity index (χ0v) is 10.2. The summed E-state index contributed by atoms with van der Waals surface area (Å²) in [6, 6.07) is 11.5. The van der Waals surface area contributed by atoms with Gasteiger partial charge in [-0.3, -0.25) is 9.78 Å². The lowest BCUT2D eigenvalue weighted by Crippen LogP contribution is -2.06. The van der Waals surface area contributed by atoms with Crippen LogP contribution in [0.15, 0.2) is 48.8 Å². The Kier molecular flexibility index (Phi) is 4.14. The minimum Gasteiger partial charge on any atom is -0.487 e. The molecule has 4 nitrogen and oxygen atoms in total.